The van der Waals surface area contributed by atoms with Crippen LogP contribution in [0.4, 0.5) is 8.78 Å². The van der Waals surface area contributed by atoms with Crippen molar-refractivity contribution in [2.45, 2.75) is 33.2 Å². The van der Waals surface area contributed by atoms with Gasteiger partial charge in [-0.1, -0.05) is 18.2 Å². The van der Waals surface area contributed by atoms with Gasteiger partial charge in [-0.15, -0.1) is 0 Å². The third-order valence-electron chi connectivity index (χ3n) is 4.50. The van der Waals surface area contributed by atoms with Crippen LogP contribution in [-0.4, -0.2) is 5.91 Å². The number of furan rings is 1. The molecule has 2 aromatic carbocycles. The van der Waals surface area contributed by atoms with Crippen molar-refractivity contribution in [2.24, 2.45) is 0 Å². The van der Waals surface area contributed by atoms with Gasteiger partial charge in [-0.05, 0) is 38.0 Å². The summed E-state index contributed by atoms with van der Waals surface area (Å²) in [5.74, 6) is -1.57. The molecular weight excluding hydrogens is 324 g/mol. The second-order valence-corrected chi connectivity index (χ2v) is 6.28. The molecule has 1 unspecified atom stereocenters. The quantitative estimate of drug-likeness (QED) is 0.743. The van der Waals surface area contributed by atoms with E-state index >= 15 is 0 Å². The standard InChI is InChI=1S/C20H19F2NO2/c1-11-4-6-17-14(10-25-20(17)12(11)2)8-19(24)23-13(3)16-7-5-15(21)9-18(16)22/h4-7,9-10,13H,8H2,1-3H3,(H,23,24). The molecule has 1 N–H and O–H groups in total. The Labute approximate surface area is 144 Å². The lowest BCUT2D eigenvalue weighted by atomic mass is 10.0. The summed E-state index contributed by atoms with van der Waals surface area (Å²) >= 11 is 0. The molecule has 1 atom stereocenters. The van der Waals surface area contributed by atoms with Crippen molar-refractivity contribution in [2.75, 3.05) is 0 Å². The molecule has 0 saturated heterocycles. The highest BCUT2D eigenvalue weighted by Crippen LogP contribution is 2.27. The van der Waals surface area contributed by atoms with Gasteiger partial charge in [0.25, 0.3) is 0 Å². The third-order valence-corrected chi connectivity index (χ3v) is 4.50. The molecule has 0 aliphatic carbocycles. The summed E-state index contributed by atoms with van der Waals surface area (Å²) in [6, 6.07) is 6.70. The SMILES string of the molecule is Cc1ccc2c(CC(=O)NC(C)c3ccc(F)cc3F)coc2c1C. The zero-order chi connectivity index (χ0) is 18.1. The minimum absolute atomic E-state index is 0.128. The fourth-order valence-corrected chi connectivity index (χ4v) is 2.92. The number of aryl methyl sites for hydroxylation is 2. The van der Waals surface area contributed by atoms with Crippen LogP contribution in [-0.2, 0) is 11.2 Å². The van der Waals surface area contributed by atoms with E-state index in [1.807, 2.05) is 26.0 Å². The van der Waals surface area contributed by atoms with Crippen LogP contribution in [0, 0.1) is 25.5 Å². The van der Waals surface area contributed by atoms with Crippen molar-refractivity contribution in [3.63, 3.8) is 0 Å². The maximum Gasteiger partial charge on any atom is 0.225 e. The van der Waals surface area contributed by atoms with Gasteiger partial charge < -0.3 is 9.73 Å². The van der Waals surface area contributed by atoms with Crippen LogP contribution in [0.3, 0.4) is 0 Å². The Kier molecular flexibility index (Phi) is 4.57. The minimum atomic E-state index is -0.673. The Morgan fingerprint density at radius 3 is 2.68 bits per heavy atom. The molecule has 1 amide bonds. The van der Waals surface area contributed by atoms with Crippen molar-refractivity contribution in [1.29, 1.82) is 0 Å². The van der Waals surface area contributed by atoms with E-state index in [2.05, 4.69) is 5.32 Å². The van der Waals surface area contributed by atoms with Crippen LogP contribution in [0.1, 0.15) is 35.2 Å². The van der Waals surface area contributed by atoms with E-state index in [-0.39, 0.29) is 17.9 Å². The van der Waals surface area contributed by atoms with Crippen LogP contribution in [0.25, 0.3) is 11.0 Å². The fourth-order valence-electron chi connectivity index (χ4n) is 2.92. The van der Waals surface area contributed by atoms with E-state index in [0.29, 0.717) is 0 Å². The Balaban J connectivity index is 1.75. The van der Waals surface area contributed by atoms with Crippen molar-refractivity contribution in [3.8, 4) is 0 Å². The molecule has 3 nitrogen and oxygen atoms in total. The van der Waals surface area contributed by atoms with E-state index < -0.39 is 17.7 Å². The first-order valence-corrected chi connectivity index (χ1v) is 8.07. The van der Waals surface area contributed by atoms with E-state index in [1.165, 1.54) is 12.1 Å². The second-order valence-electron chi connectivity index (χ2n) is 6.28. The van der Waals surface area contributed by atoms with E-state index in [1.54, 1.807) is 13.2 Å². The summed E-state index contributed by atoms with van der Waals surface area (Å²) in [7, 11) is 0. The molecule has 0 fully saturated rings. The Hall–Kier alpha value is -2.69. The van der Waals surface area contributed by atoms with E-state index in [9.17, 15) is 13.6 Å². The topological polar surface area (TPSA) is 42.2 Å². The number of nitrogens with one attached hydrogen (secondary N) is 1. The van der Waals surface area contributed by atoms with Gasteiger partial charge in [-0.25, -0.2) is 8.78 Å². The van der Waals surface area contributed by atoms with Crippen LogP contribution < -0.4 is 5.32 Å². The van der Waals surface area contributed by atoms with Gasteiger partial charge >= 0.3 is 0 Å². The van der Waals surface area contributed by atoms with Gasteiger partial charge in [-0.2, -0.15) is 0 Å². The van der Waals surface area contributed by atoms with Gasteiger partial charge in [0, 0.05) is 22.6 Å². The molecule has 0 spiro atoms. The van der Waals surface area contributed by atoms with Gasteiger partial charge in [0.05, 0.1) is 18.7 Å². The highest BCUT2D eigenvalue weighted by Gasteiger charge is 2.17. The molecule has 3 aromatic rings. The minimum Gasteiger partial charge on any atom is -0.464 e. The zero-order valence-corrected chi connectivity index (χ0v) is 14.3. The van der Waals surface area contributed by atoms with Crippen molar-refractivity contribution >= 4 is 16.9 Å². The molecule has 5 heteroatoms. The summed E-state index contributed by atoms with van der Waals surface area (Å²) < 4.78 is 32.4. The normalized spacial score (nSPS) is 12.4. The molecule has 1 heterocycles. The first-order valence-electron chi connectivity index (χ1n) is 8.07. The maximum absolute atomic E-state index is 13.8. The average molecular weight is 343 g/mol. The van der Waals surface area contributed by atoms with Crippen LogP contribution in [0.2, 0.25) is 0 Å². The van der Waals surface area contributed by atoms with Gasteiger partial charge in [0.2, 0.25) is 5.91 Å². The largest absolute Gasteiger partial charge is 0.464 e. The zero-order valence-electron chi connectivity index (χ0n) is 14.3. The lowest BCUT2D eigenvalue weighted by Gasteiger charge is -2.15. The van der Waals surface area contributed by atoms with E-state index in [0.717, 1.165) is 33.7 Å². The maximum atomic E-state index is 13.8. The molecule has 25 heavy (non-hydrogen) atoms. The van der Waals surface area contributed by atoms with Crippen LogP contribution in [0.5, 0.6) is 0 Å². The van der Waals surface area contributed by atoms with E-state index in [4.69, 9.17) is 4.42 Å². The number of rotatable bonds is 4. The predicted octanol–water partition coefficient (Wildman–Crippen LogP) is 4.75. The first-order chi connectivity index (χ1) is 11.9. The average Bonchev–Trinajstić information content (AvgIpc) is 2.94. The number of carbonyl (C=O) groups is 1. The highest BCUT2D eigenvalue weighted by atomic mass is 19.1. The van der Waals surface area contributed by atoms with Crippen molar-refractivity contribution < 1.29 is 18.0 Å². The Morgan fingerprint density at radius 2 is 1.96 bits per heavy atom. The monoisotopic (exact) mass is 343 g/mol. The lowest BCUT2D eigenvalue weighted by Crippen LogP contribution is -2.28. The van der Waals surface area contributed by atoms with Gasteiger partial charge in [0.15, 0.2) is 0 Å². The summed E-state index contributed by atoms with van der Waals surface area (Å²) in [5.41, 5.74) is 3.98. The third kappa shape index (κ3) is 3.40. The first kappa shape index (κ1) is 17.1. The van der Waals surface area contributed by atoms with Crippen molar-refractivity contribution in [3.05, 3.63) is 70.5 Å². The molecule has 0 aliphatic heterocycles. The molecule has 1 aromatic heterocycles. The van der Waals surface area contributed by atoms with Crippen LogP contribution in [0.15, 0.2) is 41.0 Å². The highest BCUT2D eigenvalue weighted by molar-refractivity contribution is 5.89. The number of halogens is 2. The molecule has 0 saturated carbocycles. The number of hydrogen-bond donors (Lipinski definition) is 1. The van der Waals surface area contributed by atoms with Crippen molar-refractivity contribution in [1.82, 2.24) is 5.32 Å². The summed E-state index contributed by atoms with van der Waals surface area (Å²) in [5, 5.41) is 3.64. The fraction of sp³-hybridized carbons (Fsp3) is 0.250. The smallest absolute Gasteiger partial charge is 0.225 e. The van der Waals surface area contributed by atoms with Crippen LogP contribution >= 0.6 is 0 Å². The lowest BCUT2D eigenvalue weighted by molar-refractivity contribution is -0.121. The van der Waals surface area contributed by atoms with Gasteiger partial charge in [0.1, 0.15) is 17.2 Å². The summed E-state index contributed by atoms with van der Waals surface area (Å²) in [6.45, 7) is 5.64. The Morgan fingerprint density at radius 1 is 1.20 bits per heavy atom. The number of carbonyl (C=O) groups excluding carboxylic acids is 1. The molecule has 0 bridgehead atoms. The summed E-state index contributed by atoms with van der Waals surface area (Å²) in [6.07, 6.45) is 1.71. The molecular formula is C20H19F2NO2. The number of hydrogen-bond acceptors (Lipinski definition) is 2. The number of fused-ring (bicyclic) bond motifs is 1. The molecule has 3 rings (SSSR count). The molecule has 0 radical (unpaired) electrons. The summed E-state index contributed by atoms with van der Waals surface area (Å²) in [4.78, 5) is 12.3. The molecule has 0 aliphatic rings. The molecule has 130 valence electrons. The van der Waals surface area contributed by atoms with Gasteiger partial charge in [-0.3, -0.25) is 4.79 Å². The number of amides is 1. The Bertz CT molecular complexity index is 946. The predicted molar refractivity (Wildman–Crippen MR) is 92.3 cm³/mol. The second kappa shape index (κ2) is 6.67. The number of benzene rings is 2.